The quantitative estimate of drug-likeness (QED) is 0.700. The molecule has 1 atom stereocenters. The van der Waals surface area contributed by atoms with E-state index in [4.69, 9.17) is 9.47 Å². The summed E-state index contributed by atoms with van der Waals surface area (Å²) in [6.07, 6.45) is 6.59. The van der Waals surface area contributed by atoms with Gasteiger partial charge >= 0.3 is 0 Å². The van der Waals surface area contributed by atoms with Crippen LogP contribution in [-0.4, -0.2) is 97.6 Å². The van der Waals surface area contributed by atoms with Gasteiger partial charge in [0.05, 0.1) is 13.2 Å². The van der Waals surface area contributed by atoms with Crippen LogP contribution in [0.3, 0.4) is 0 Å². The standard InChI is InChI=1S/C24H39N3O3/c28-23(19-26-13-15-29-16-14-26)20-30-24-8-4-5-21(17-24)18-25-9-11-27(12-10-25)22-6-2-1-3-7-22/h4-5,8,17,22-23,28H,1-3,6-7,9-16,18-20H2. The first kappa shape index (κ1) is 22.0. The minimum Gasteiger partial charge on any atom is -0.491 e. The van der Waals surface area contributed by atoms with Crippen molar-refractivity contribution in [2.75, 3.05) is 65.6 Å². The van der Waals surface area contributed by atoms with Gasteiger partial charge in [0.1, 0.15) is 18.5 Å². The lowest BCUT2D eigenvalue weighted by atomic mass is 9.94. The van der Waals surface area contributed by atoms with Crippen molar-refractivity contribution in [1.82, 2.24) is 14.7 Å². The van der Waals surface area contributed by atoms with E-state index in [0.29, 0.717) is 13.2 Å². The van der Waals surface area contributed by atoms with Crippen molar-refractivity contribution in [3.8, 4) is 5.75 Å². The topological polar surface area (TPSA) is 48.4 Å². The zero-order valence-corrected chi connectivity index (χ0v) is 18.4. The lowest BCUT2D eigenvalue weighted by Gasteiger charge is -2.40. The fraction of sp³-hybridized carbons (Fsp3) is 0.750. The summed E-state index contributed by atoms with van der Waals surface area (Å²) in [6, 6.07) is 9.21. The molecule has 1 aromatic rings. The summed E-state index contributed by atoms with van der Waals surface area (Å²) in [6.45, 7) is 9.96. The Morgan fingerprint density at radius 2 is 1.73 bits per heavy atom. The molecule has 0 aromatic heterocycles. The molecule has 0 radical (unpaired) electrons. The number of hydrogen-bond donors (Lipinski definition) is 1. The highest BCUT2D eigenvalue weighted by atomic mass is 16.5. The van der Waals surface area contributed by atoms with Crippen molar-refractivity contribution in [1.29, 1.82) is 0 Å². The van der Waals surface area contributed by atoms with E-state index in [1.54, 1.807) is 0 Å². The van der Waals surface area contributed by atoms with E-state index in [1.165, 1.54) is 50.8 Å². The third-order valence-corrected chi connectivity index (χ3v) is 6.82. The van der Waals surface area contributed by atoms with Crippen molar-refractivity contribution >= 4 is 0 Å². The van der Waals surface area contributed by atoms with Crippen LogP contribution in [0, 0.1) is 0 Å². The summed E-state index contributed by atoms with van der Waals surface area (Å²) >= 11 is 0. The van der Waals surface area contributed by atoms with E-state index in [-0.39, 0.29) is 0 Å². The van der Waals surface area contributed by atoms with Crippen LogP contribution in [0.1, 0.15) is 37.7 Å². The highest BCUT2D eigenvalue weighted by Crippen LogP contribution is 2.24. The van der Waals surface area contributed by atoms with Gasteiger partial charge < -0.3 is 14.6 Å². The maximum Gasteiger partial charge on any atom is 0.119 e. The minimum absolute atomic E-state index is 0.334. The number of nitrogens with zero attached hydrogens (tertiary/aromatic N) is 3. The van der Waals surface area contributed by atoms with Gasteiger partial charge in [-0.2, -0.15) is 0 Å². The second kappa shape index (κ2) is 11.4. The Kier molecular flexibility index (Phi) is 8.40. The molecular weight excluding hydrogens is 378 g/mol. The van der Waals surface area contributed by atoms with E-state index in [2.05, 4.69) is 32.9 Å². The number of aliphatic hydroxyl groups is 1. The number of ether oxygens (including phenoxy) is 2. The summed E-state index contributed by atoms with van der Waals surface area (Å²) in [5, 5.41) is 10.3. The number of morpholine rings is 1. The van der Waals surface area contributed by atoms with Crippen molar-refractivity contribution < 1.29 is 14.6 Å². The second-order valence-electron chi connectivity index (χ2n) is 9.13. The van der Waals surface area contributed by atoms with E-state index in [9.17, 15) is 5.11 Å². The molecule has 1 N–H and O–H groups in total. The molecule has 4 rings (SSSR count). The van der Waals surface area contributed by atoms with Crippen molar-refractivity contribution in [3.63, 3.8) is 0 Å². The lowest BCUT2D eigenvalue weighted by Crippen LogP contribution is -2.50. The molecule has 1 aromatic carbocycles. The molecule has 2 saturated heterocycles. The molecule has 3 aliphatic rings. The fourth-order valence-electron chi connectivity index (χ4n) is 5.05. The summed E-state index contributed by atoms with van der Waals surface area (Å²) in [4.78, 5) is 7.53. The Morgan fingerprint density at radius 1 is 0.967 bits per heavy atom. The fourth-order valence-corrected chi connectivity index (χ4v) is 5.05. The van der Waals surface area contributed by atoms with Crippen LogP contribution in [-0.2, 0) is 11.3 Å². The van der Waals surface area contributed by atoms with Gasteiger partial charge in [-0.25, -0.2) is 0 Å². The minimum atomic E-state index is -0.473. The zero-order valence-electron chi connectivity index (χ0n) is 18.4. The number of piperazine rings is 1. The van der Waals surface area contributed by atoms with Gasteiger partial charge in [0.25, 0.3) is 0 Å². The summed E-state index contributed by atoms with van der Waals surface area (Å²) in [7, 11) is 0. The van der Waals surface area contributed by atoms with Crippen LogP contribution in [0.5, 0.6) is 5.75 Å². The molecule has 0 spiro atoms. The van der Waals surface area contributed by atoms with E-state index >= 15 is 0 Å². The maximum atomic E-state index is 10.3. The molecule has 3 fully saturated rings. The first-order valence-corrected chi connectivity index (χ1v) is 11.9. The van der Waals surface area contributed by atoms with Crippen molar-refractivity contribution in [2.45, 2.75) is 50.8 Å². The molecule has 0 amide bonds. The molecule has 30 heavy (non-hydrogen) atoms. The smallest absolute Gasteiger partial charge is 0.119 e. The average molecular weight is 418 g/mol. The maximum absolute atomic E-state index is 10.3. The van der Waals surface area contributed by atoms with Crippen LogP contribution >= 0.6 is 0 Å². The van der Waals surface area contributed by atoms with Crippen LogP contribution < -0.4 is 4.74 Å². The van der Waals surface area contributed by atoms with Crippen molar-refractivity contribution in [3.05, 3.63) is 29.8 Å². The van der Waals surface area contributed by atoms with Crippen LogP contribution in [0.15, 0.2) is 24.3 Å². The lowest BCUT2D eigenvalue weighted by molar-refractivity contribution is 0.00464. The second-order valence-corrected chi connectivity index (χ2v) is 9.13. The first-order chi connectivity index (χ1) is 14.8. The molecular formula is C24H39N3O3. The Hall–Kier alpha value is -1.18. The predicted molar refractivity (Wildman–Crippen MR) is 119 cm³/mol. The SMILES string of the molecule is OC(COc1cccc(CN2CCN(C3CCCCC3)CC2)c1)CN1CCOCC1. The normalized spacial score (nSPS) is 24.0. The Morgan fingerprint density at radius 3 is 2.50 bits per heavy atom. The van der Waals surface area contributed by atoms with Crippen LogP contribution in [0.2, 0.25) is 0 Å². The first-order valence-electron chi connectivity index (χ1n) is 11.9. The largest absolute Gasteiger partial charge is 0.491 e. The zero-order chi connectivity index (χ0) is 20.6. The Bertz CT molecular complexity index is 624. The predicted octanol–water partition coefficient (Wildman–Crippen LogP) is 2.21. The van der Waals surface area contributed by atoms with Gasteiger partial charge in [0.2, 0.25) is 0 Å². The molecule has 0 bridgehead atoms. The molecule has 1 aliphatic carbocycles. The van der Waals surface area contributed by atoms with Crippen molar-refractivity contribution in [2.24, 2.45) is 0 Å². The van der Waals surface area contributed by atoms with Crippen LogP contribution in [0.25, 0.3) is 0 Å². The Labute approximate surface area is 181 Å². The van der Waals surface area contributed by atoms with Gasteiger partial charge in [-0.05, 0) is 30.5 Å². The number of aliphatic hydroxyl groups excluding tert-OH is 1. The van der Waals surface area contributed by atoms with Gasteiger partial charge in [-0.1, -0.05) is 31.4 Å². The number of β-amino-alcohol motifs (C(OH)–C–C–N with tert-alkyl or cyclic N) is 1. The summed E-state index contributed by atoms with van der Waals surface area (Å²) < 4.78 is 11.3. The van der Waals surface area contributed by atoms with Gasteiger partial charge in [-0.15, -0.1) is 0 Å². The molecule has 6 heteroatoms. The Balaban J connectivity index is 1.19. The molecule has 6 nitrogen and oxygen atoms in total. The molecule has 2 heterocycles. The highest BCUT2D eigenvalue weighted by Gasteiger charge is 2.25. The number of benzene rings is 1. The monoisotopic (exact) mass is 417 g/mol. The third-order valence-electron chi connectivity index (χ3n) is 6.82. The summed E-state index contributed by atoms with van der Waals surface area (Å²) in [5.41, 5.74) is 1.29. The van der Waals surface area contributed by atoms with Crippen LogP contribution in [0.4, 0.5) is 0 Å². The third kappa shape index (κ3) is 6.66. The number of rotatable bonds is 8. The highest BCUT2D eigenvalue weighted by molar-refractivity contribution is 5.28. The average Bonchev–Trinajstić information content (AvgIpc) is 2.80. The van der Waals surface area contributed by atoms with E-state index < -0.39 is 6.10 Å². The van der Waals surface area contributed by atoms with E-state index in [1.807, 2.05) is 6.07 Å². The summed E-state index contributed by atoms with van der Waals surface area (Å²) in [5.74, 6) is 0.856. The molecule has 1 unspecified atom stereocenters. The van der Waals surface area contributed by atoms with Gasteiger partial charge in [-0.3, -0.25) is 14.7 Å². The molecule has 2 aliphatic heterocycles. The van der Waals surface area contributed by atoms with Gasteiger partial charge in [0.15, 0.2) is 0 Å². The number of hydrogen-bond acceptors (Lipinski definition) is 6. The molecule has 1 saturated carbocycles. The molecule has 168 valence electrons. The van der Waals surface area contributed by atoms with E-state index in [0.717, 1.165) is 57.7 Å². The van der Waals surface area contributed by atoms with Gasteiger partial charge in [0, 0.05) is 58.4 Å².